The maximum absolute atomic E-state index is 13.2. The van der Waals surface area contributed by atoms with Crippen molar-refractivity contribution in [1.29, 1.82) is 0 Å². The minimum Gasteiger partial charge on any atom is -0.481 e. The molecule has 8 nitrogen and oxygen atoms in total. The molecule has 2 aliphatic rings. The van der Waals surface area contributed by atoms with Crippen LogP contribution in [0.25, 0.3) is 10.9 Å². The Morgan fingerprint density at radius 2 is 1.88 bits per heavy atom. The number of carbonyl (C=O) groups excluding carboxylic acids is 1. The molecule has 2 aromatic heterocycles. The fourth-order valence-corrected chi connectivity index (χ4v) is 6.17. The summed E-state index contributed by atoms with van der Waals surface area (Å²) < 4.78 is 46.9. The van der Waals surface area contributed by atoms with Gasteiger partial charge in [-0.3, -0.25) is 9.69 Å². The molecule has 0 radical (unpaired) electrons. The van der Waals surface area contributed by atoms with Gasteiger partial charge >= 0.3 is 6.18 Å². The first-order valence-electron chi connectivity index (χ1n) is 13.3. The zero-order valence-corrected chi connectivity index (χ0v) is 23.7. The fourth-order valence-electron chi connectivity index (χ4n) is 5.88. The molecule has 0 bridgehead atoms. The summed E-state index contributed by atoms with van der Waals surface area (Å²) in [7, 11) is 3.32. The van der Waals surface area contributed by atoms with Crippen molar-refractivity contribution in [2.75, 3.05) is 33.3 Å². The van der Waals surface area contributed by atoms with Gasteiger partial charge in [-0.05, 0) is 50.6 Å². The van der Waals surface area contributed by atoms with Gasteiger partial charge in [0.25, 0.3) is 0 Å². The Morgan fingerprint density at radius 3 is 2.42 bits per heavy atom. The number of alkyl halides is 3. The van der Waals surface area contributed by atoms with E-state index in [9.17, 15) is 23.1 Å². The van der Waals surface area contributed by atoms with Crippen molar-refractivity contribution in [2.45, 2.75) is 45.0 Å². The number of halogens is 4. The Labute approximate surface area is 235 Å². The van der Waals surface area contributed by atoms with E-state index in [0.717, 1.165) is 5.82 Å². The molecule has 2 fully saturated rings. The maximum atomic E-state index is 13.2. The van der Waals surface area contributed by atoms with Gasteiger partial charge in [0.2, 0.25) is 11.8 Å². The monoisotopic (exact) mass is 579 g/mol. The first kappa shape index (κ1) is 28.6. The number of ether oxygens (including phenoxy) is 1. The van der Waals surface area contributed by atoms with Crippen LogP contribution in [0, 0.1) is 18.8 Å². The standard InChI is InChI=1S/C28H33ClF3N5O3/c1-16-33-12-24(35(16)3)27(39,20-13-37(14-20)17(2)38)19-5-6-23-21(11-19)25(29)22(26(34-23)40-4)15-36-9-7-18(8-10-36)28(30,31)32/h5-6,11-12,18,20,39H,7-10,13-15H2,1-4H3/t27-/m0/s1. The smallest absolute Gasteiger partial charge is 0.391 e. The molecule has 1 atom stereocenters. The number of imidazole rings is 1. The van der Waals surface area contributed by atoms with Gasteiger partial charge in [0.15, 0.2) is 0 Å². The summed E-state index contributed by atoms with van der Waals surface area (Å²) in [5, 5.41) is 13.3. The molecule has 1 amide bonds. The minimum absolute atomic E-state index is 0.0322. The van der Waals surface area contributed by atoms with Crippen LogP contribution in [-0.4, -0.2) is 74.8 Å². The van der Waals surface area contributed by atoms with Gasteiger partial charge in [-0.1, -0.05) is 17.7 Å². The van der Waals surface area contributed by atoms with E-state index in [1.165, 1.54) is 14.0 Å². The Morgan fingerprint density at radius 1 is 1.20 bits per heavy atom. The largest absolute Gasteiger partial charge is 0.481 e. The molecule has 5 rings (SSSR count). The third-order valence-corrected chi connectivity index (χ3v) is 9.00. The quantitative estimate of drug-likeness (QED) is 0.465. The molecule has 0 saturated carbocycles. The Hall–Kier alpha value is -2.89. The Balaban J connectivity index is 1.53. The number of rotatable bonds is 6. The van der Waals surface area contributed by atoms with E-state index in [-0.39, 0.29) is 37.8 Å². The number of methoxy groups -OCH3 is 1. The minimum atomic E-state index is -4.19. The number of hydrogen-bond donors (Lipinski definition) is 1. The molecule has 216 valence electrons. The molecule has 1 aromatic carbocycles. The maximum Gasteiger partial charge on any atom is 0.391 e. The zero-order valence-electron chi connectivity index (χ0n) is 22.9. The summed E-state index contributed by atoms with van der Waals surface area (Å²) in [5.41, 5.74) is 0.877. The number of aliphatic hydroxyl groups is 1. The number of likely N-dealkylation sites (tertiary alicyclic amines) is 2. The van der Waals surface area contributed by atoms with Crippen molar-refractivity contribution in [2.24, 2.45) is 18.9 Å². The summed E-state index contributed by atoms with van der Waals surface area (Å²) in [5.74, 6) is -0.573. The molecule has 40 heavy (non-hydrogen) atoms. The van der Waals surface area contributed by atoms with Crippen molar-refractivity contribution in [3.05, 3.63) is 52.1 Å². The van der Waals surface area contributed by atoms with E-state index >= 15 is 0 Å². The summed E-state index contributed by atoms with van der Waals surface area (Å²) in [6.07, 6.45) is -2.47. The molecule has 3 aromatic rings. The van der Waals surface area contributed by atoms with Gasteiger partial charge in [0.1, 0.15) is 11.4 Å². The predicted octanol–water partition coefficient (Wildman–Crippen LogP) is 4.43. The summed E-state index contributed by atoms with van der Waals surface area (Å²) >= 11 is 6.96. The lowest BCUT2D eigenvalue weighted by molar-refractivity contribution is -0.185. The van der Waals surface area contributed by atoms with Crippen LogP contribution in [0.1, 0.15) is 42.4 Å². The normalized spacial score (nSPS) is 19.1. The van der Waals surface area contributed by atoms with Crippen LogP contribution in [0.5, 0.6) is 5.88 Å². The predicted molar refractivity (Wildman–Crippen MR) is 144 cm³/mol. The summed E-state index contributed by atoms with van der Waals surface area (Å²) in [6, 6.07) is 5.38. The second-order valence-electron chi connectivity index (χ2n) is 10.9. The van der Waals surface area contributed by atoms with E-state index in [1.54, 1.807) is 23.2 Å². The highest BCUT2D eigenvalue weighted by molar-refractivity contribution is 6.36. The molecule has 0 unspecified atom stereocenters. The highest BCUT2D eigenvalue weighted by Crippen LogP contribution is 2.44. The number of hydrogen-bond acceptors (Lipinski definition) is 6. The lowest BCUT2D eigenvalue weighted by atomic mass is 9.74. The van der Waals surface area contributed by atoms with Crippen molar-refractivity contribution in [3.63, 3.8) is 0 Å². The second kappa shape index (κ2) is 10.5. The van der Waals surface area contributed by atoms with Crippen molar-refractivity contribution >= 4 is 28.4 Å². The topological polar surface area (TPSA) is 83.7 Å². The van der Waals surface area contributed by atoms with Crippen molar-refractivity contribution < 1.29 is 27.8 Å². The highest BCUT2D eigenvalue weighted by atomic mass is 35.5. The van der Waals surface area contributed by atoms with Gasteiger partial charge in [-0.2, -0.15) is 13.2 Å². The number of aryl methyl sites for hydroxylation is 1. The second-order valence-corrected chi connectivity index (χ2v) is 11.3. The Kier molecular flexibility index (Phi) is 7.52. The molecule has 12 heteroatoms. The fraction of sp³-hybridized carbons (Fsp3) is 0.536. The van der Waals surface area contributed by atoms with Gasteiger partial charge < -0.3 is 19.3 Å². The van der Waals surface area contributed by atoms with Crippen LogP contribution >= 0.6 is 11.6 Å². The van der Waals surface area contributed by atoms with Gasteiger partial charge in [0, 0.05) is 50.5 Å². The molecule has 2 saturated heterocycles. The van der Waals surface area contributed by atoms with Crippen molar-refractivity contribution in [3.8, 4) is 5.88 Å². The molecule has 4 heterocycles. The number of piperidine rings is 1. The molecular weight excluding hydrogens is 547 g/mol. The van der Waals surface area contributed by atoms with E-state index < -0.39 is 17.7 Å². The average molecular weight is 580 g/mol. The SMILES string of the molecule is COc1nc2ccc([C@@](O)(c3cnc(C)n3C)C3CN(C(C)=O)C3)cc2c(Cl)c1CN1CCC(C(F)(F)F)CC1. The number of pyridine rings is 1. The average Bonchev–Trinajstić information content (AvgIpc) is 3.22. The summed E-state index contributed by atoms with van der Waals surface area (Å²) in [4.78, 5) is 24.6. The third kappa shape index (κ3) is 4.92. The molecular formula is C28H33ClF3N5O3. The van der Waals surface area contributed by atoms with Crippen LogP contribution in [0.2, 0.25) is 5.02 Å². The Bertz CT molecular complexity index is 1430. The summed E-state index contributed by atoms with van der Waals surface area (Å²) in [6.45, 7) is 5.01. The number of benzene rings is 1. The van der Waals surface area contributed by atoms with Crippen LogP contribution in [0.4, 0.5) is 13.2 Å². The van der Waals surface area contributed by atoms with Gasteiger partial charge in [0.05, 0.1) is 35.5 Å². The molecule has 0 spiro atoms. The lowest BCUT2D eigenvalue weighted by Gasteiger charge is -2.48. The molecule has 0 aliphatic carbocycles. The molecule has 1 N–H and O–H groups in total. The van der Waals surface area contributed by atoms with Crippen LogP contribution in [0.3, 0.4) is 0 Å². The van der Waals surface area contributed by atoms with Crippen LogP contribution in [-0.2, 0) is 24.0 Å². The first-order valence-corrected chi connectivity index (χ1v) is 13.6. The number of nitrogens with zero attached hydrogens (tertiary/aromatic N) is 5. The first-order chi connectivity index (χ1) is 18.8. The highest BCUT2D eigenvalue weighted by Gasteiger charge is 2.49. The molecule has 2 aliphatic heterocycles. The van der Waals surface area contributed by atoms with E-state index in [2.05, 4.69) is 9.97 Å². The van der Waals surface area contributed by atoms with Crippen LogP contribution in [0.15, 0.2) is 24.4 Å². The van der Waals surface area contributed by atoms with Gasteiger partial charge in [-0.15, -0.1) is 0 Å². The lowest BCUT2D eigenvalue weighted by Crippen LogP contribution is -2.58. The number of amides is 1. The van der Waals surface area contributed by atoms with Crippen molar-refractivity contribution in [1.82, 2.24) is 24.3 Å². The van der Waals surface area contributed by atoms with E-state index in [1.807, 2.05) is 29.5 Å². The van der Waals surface area contributed by atoms with Gasteiger partial charge in [-0.25, -0.2) is 9.97 Å². The zero-order chi connectivity index (χ0) is 29.0. The number of aromatic nitrogens is 3. The number of fused-ring (bicyclic) bond motifs is 1. The van der Waals surface area contributed by atoms with E-state index in [0.29, 0.717) is 58.3 Å². The van der Waals surface area contributed by atoms with Crippen LogP contribution < -0.4 is 4.74 Å². The number of carbonyl (C=O) groups is 1. The third-order valence-electron chi connectivity index (χ3n) is 8.57. The van der Waals surface area contributed by atoms with E-state index in [4.69, 9.17) is 16.3 Å².